The first-order chi connectivity index (χ1) is 13.8. The van der Waals surface area contributed by atoms with Crippen LogP contribution in [0.15, 0.2) is 24.8 Å². The van der Waals surface area contributed by atoms with Gasteiger partial charge in [-0.3, -0.25) is 4.79 Å². The molecule has 2 fully saturated rings. The number of ether oxygens (including phenoxy) is 1. The Labute approximate surface area is 163 Å². The molecule has 3 N–H and O–H groups in total. The lowest BCUT2D eigenvalue weighted by Gasteiger charge is -2.22. The highest BCUT2D eigenvalue weighted by molar-refractivity contribution is 5.92. The van der Waals surface area contributed by atoms with Gasteiger partial charge in [-0.1, -0.05) is 0 Å². The minimum absolute atomic E-state index is 0.0153. The van der Waals surface area contributed by atoms with Gasteiger partial charge in [-0.2, -0.15) is 0 Å². The molecule has 28 heavy (non-hydrogen) atoms. The number of nitrogens with one attached hydrogen (secondary N) is 3. The fourth-order valence-corrected chi connectivity index (χ4v) is 3.47. The maximum Gasteiger partial charge on any atom is 0.229 e. The highest BCUT2D eigenvalue weighted by Crippen LogP contribution is 2.20. The van der Waals surface area contributed by atoms with E-state index in [1.807, 2.05) is 6.07 Å². The van der Waals surface area contributed by atoms with Crippen LogP contribution in [-0.2, 0) is 9.53 Å². The van der Waals surface area contributed by atoms with Crippen molar-refractivity contribution in [1.29, 1.82) is 0 Å². The van der Waals surface area contributed by atoms with Gasteiger partial charge in [0.2, 0.25) is 5.91 Å². The van der Waals surface area contributed by atoms with Gasteiger partial charge in [0.25, 0.3) is 0 Å². The molecule has 1 amide bonds. The highest BCUT2D eigenvalue weighted by atomic mass is 16.5. The predicted molar refractivity (Wildman–Crippen MR) is 105 cm³/mol. The predicted octanol–water partition coefficient (Wildman–Crippen LogP) is 1.32. The van der Waals surface area contributed by atoms with Crippen LogP contribution in [0.5, 0.6) is 0 Å². The smallest absolute Gasteiger partial charge is 0.229 e. The fraction of sp³-hybridized carbons (Fsp3) is 0.526. The first-order valence-corrected chi connectivity index (χ1v) is 9.75. The Morgan fingerprint density at radius 3 is 2.46 bits per heavy atom. The summed E-state index contributed by atoms with van der Waals surface area (Å²) in [5.74, 6) is 1.81. The van der Waals surface area contributed by atoms with Crippen LogP contribution in [0.25, 0.3) is 11.4 Å². The summed E-state index contributed by atoms with van der Waals surface area (Å²) < 4.78 is 5.40. The summed E-state index contributed by atoms with van der Waals surface area (Å²) in [6.45, 7) is 4.09. The quantitative estimate of drug-likeness (QED) is 0.684. The number of rotatable bonds is 6. The van der Waals surface area contributed by atoms with Gasteiger partial charge in [0.15, 0.2) is 0 Å². The third-order valence-electron chi connectivity index (χ3n) is 5.19. The third kappa shape index (κ3) is 4.79. The van der Waals surface area contributed by atoms with Crippen LogP contribution in [0.3, 0.4) is 0 Å². The highest BCUT2D eigenvalue weighted by Gasteiger charge is 2.22. The zero-order valence-corrected chi connectivity index (χ0v) is 15.7. The monoisotopic (exact) mass is 383 g/mol. The van der Waals surface area contributed by atoms with Crippen molar-refractivity contribution in [3.63, 3.8) is 0 Å². The SMILES string of the molecule is O=C(Nc1cc(-c2cc(NCC3CCOCC3)ncn2)ncn1)[C@@H]1CCNC1. The second kappa shape index (κ2) is 9.03. The van der Waals surface area contributed by atoms with Crippen molar-refractivity contribution < 1.29 is 9.53 Å². The molecular formula is C19H25N7O2. The lowest BCUT2D eigenvalue weighted by atomic mass is 10.0. The van der Waals surface area contributed by atoms with E-state index in [-0.39, 0.29) is 11.8 Å². The van der Waals surface area contributed by atoms with Crippen LogP contribution in [0.4, 0.5) is 11.6 Å². The summed E-state index contributed by atoms with van der Waals surface area (Å²) in [4.78, 5) is 29.4. The molecule has 9 heteroatoms. The van der Waals surface area contributed by atoms with Crippen molar-refractivity contribution in [2.45, 2.75) is 19.3 Å². The molecule has 1 atom stereocenters. The number of carbonyl (C=O) groups excluding carboxylic acids is 1. The largest absolute Gasteiger partial charge is 0.381 e. The van der Waals surface area contributed by atoms with Crippen LogP contribution < -0.4 is 16.0 Å². The molecule has 2 aliphatic heterocycles. The van der Waals surface area contributed by atoms with Crippen LogP contribution in [0.2, 0.25) is 0 Å². The van der Waals surface area contributed by atoms with E-state index in [0.29, 0.717) is 29.7 Å². The molecule has 2 aromatic rings. The molecule has 148 valence electrons. The molecule has 0 aliphatic carbocycles. The van der Waals surface area contributed by atoms with E-state index in [2.05, 4.69) is 35.9 Å². The lowest BCUT2D eigenvalue weighted by Crippen LogP contribution is -2.25. The van der Waals surface area contributed by atoms with Crippen molar-refractivity contribution in [3.8, 4) is 11.4 Å². The summed E-state index contributed by atoms with van der Waals surface area (Å²) in [7, 11) is 0. The molecule has 0 spiro atoms. The molecule has 9 nitrogen and oxygen atoms in total. The number of nitrogens with zero attached hydrogens (tertiary/aromatic N) is 4. The van der Waals surface area contributed by atoms with Gasteiger partial charge < -0.3 is 20.7 Å². The van der Waals surface area contributed by atoms with E-state index in [9.17, 15) is 4.79 Å². The molecule has 0 bridgehead atoms. The van der Waals surface area contributed by atoms with E-state index in [1.54, 1.807) is 6.07 Å². The van der Waals surface area contributed by atoms with Gasteiger partial charge in [-0.15, -0.1) is 0 Å². The minimum Gasteiger partial charge on any atom is -0.381 e. The number of anilines is 2. The maximum absolute atomic E-state index is 12.3. The Hall–Kier alpha value is -2.65. The molecule has 0 aromatic carbocycles. The van der Waals surface area contributed by atoms with Gasteiger partial charge in [0.1, 0.15) is 24.3 Å². The van der Waals surface area contributed by atoms with Gasteiger partial charge in [0, 0.05) is 38.4 Å². The van der Waals surface area contributed by atoms with Crippen LogP contribution in [0.1, 0.15) is 19.3 Å². The lowest BCUT2D eigenvalue weighted by molar-refractivity contribution is -0.119. The average molecular weight is 383 g/mol. The number of amides is 1. The van der Waals surface area contributed by atoms with Gasteiger partial charge in [-0.05, 0) is 31.7 Å². The van der Waals surface area contributed by atoms with E-state index in [0.717, 1.165) is 51.4 Å². The zero-order valence-electron chi connectivity index (χ0n) is 15.7. The molecule has 0 unspecified atom stereocenters. The number of hydrogen-bond acceptors (Lipinski definition) is 8. The molecule has 2 saturated heterocycles. The average Bonchev–Trinajstić information content (AvgIpc) is 3.29. The standard InChI is InChI=1S/C19H25N7O2/c27-19(14-1-4-20-10-14)26-18-8-16(23-12-25-18)15-7-17(24-11-22-15)21-9-13-2-5-28-6-3-13/h7-8,11-14,20H,1-6,9-10H2,(H,21,22,24)(H,23,25,26,27)/t14-/m1/s1. The van der Waals surface area contributed by atoms with Crippen molar-refractivity contribution in [2.24, 2.45) is 11.8 Å². The Morgan fingerprint density at radius 2 is 1.75 bits per heavy atom. The summed E-state index contributed by atoms with van der Waals surface area (Å²) >= 11 is 0. The summed E-state index contributed by atoms with van der Waals surface area (Å²) in [6.07, 6.45) is 5.94. The second-order valence-corrected chi connectivity index (χ2v) is 7.19. The normalized spacial score (nSPS) is 20.1. The van der Waals surface area contributed by atoms with Crippen molar-refractivity contribution >= 4 is 17.5 Å². The van der Waals surface area contributed by atoms with Crippen molar-refractivity contribution in [2.75, 3.05) is 43.5 Å². The Kier molecular flexibility index (Phi) is 6.03. The first-order valence-electron chi connectivity index (χ1n) is 9.75. The van der Waals surface area contributed by atoms with Gasteiger partial charge in [0.05, 0.1) is 17.3 Å². The fourth-order valence-electron chi connectivity index (χ4n) is 3.47. The number of hydrogen-bond donors (Lipinski definition) is 3. The van der Waals surface area contributed by atoms with E-state index in [1.165, 1.54) is 12.7 Å². The van der Waals surface area contributed by atoms with E-state index in [4.69, 9.17) is 4.74 Å². The van der Waals surface area contributed by atoms with Crippen LogP contribution >= 0.6 is 0 Å². The number of carbonyl (C=O) groups is 1. The minimum atomic E-state index is -0.0174. The molecule has 4 heterocycles. The van der Waals surface area contributed by atoms with Crippen molar-refractivity contribution in [1.82, 2.24) is 25.3 Å². The topological polar surface area (TPSA) is 114 Å². The van der Waals surface area contributed by atoms with Crippen LogP contribution in [-0.4, -0.2) is 58.7 Å². The molecule has 2 aliphatic rings. The summed E-state index contributed by atoms with van der Waals surface area (Å²) in [6, 6.07) is 3.61. The second-order valence-electron chi connectivity index (χ2n) is 7.19. The molecule has 0 saturated carbocycles. The summed E-state index contributed by atoms with van der Waals surface area (Å²) in [5.41, 5.74) is 1.33. The molecule has 0 radical (unpaired) electrons. The van der Waals surface area contributed by atoms with Crippen molar-refractivity contribution in [3.05, 3.63) is 24.8 Å². The molecular weight excluding hydrogens is 358 g/mol. The van der Waals surface area contributed by atoms with Gasteiger partial charge >= 0.3 is 0 Å². The molecule has 2 aromatic heterocycles. The number of aromatic nitrogens is 4. The zero-order chi connectivity index (χ0) is 19.2. The first kappa shape index (κ1) is 18.7. The summed E-state index contributed by atoms with van der Waals surface area (Å²) in [5, 5.41) is 9.45. The van der Waals surface area contributed by atoms with Crippen LogP contribution in [0, 0.1) is 11.8 Å². The maximum atomic E-state index is 12.3. The third-order valence-corrected chi connectivity index (χ3v) is 5.19. The van der Waals surface area contributed by atoms with Gasteiger partial charge in [-0.25, -0.2) is 19.9 Å². The van der Waals surface area contributed by atoms with E-state index >= 15 is 0 Å². The Bertz CT molecular complexity index is 804. The molecule has 4 rings (SSSR count). The van der Waals surface area contributed by atoms with E-state index < -0.39 is 0 Å². The Morgan fingerprint density at radius 1 is 1.04 bits per heavy atom. The Balaban J connectivity index is 1.41.